The summed E-state index contributed by atoms with van der Waals surface area (Å²) in [6, 6.07) is 5.33. The van der Waals surface area contributed by atoms with Crippen molar-refractivity contribution in [3.05, 3.63) is 32.9 Å². The van der Waals surface area contributed by atoms with Crippen molar-refractivity contribution in [3.8, 4) is 0 Å². The van der Waals surface area contributed by atoms with Crippen LogP contribution in [0, 0.1) is 3.57 Å². The number of hydrogen-bond acceptors (Lipinski definition) is 1. The van der Waals surface area contributed by atoms with Crippen LogP contribution in [-0.2, 0) is 5.41 Å². The van der Waals surface area contributed by atoms with Crippen LogP contribution in [0.2, 0.25) is 0 Å². The molecule has 82 valence electrons. The maximum absolute atomic E-state index is 10.8. The summed E-state index contributed by atoms with van der Waals surface area (Å²) < 4.78 is 1.03. The average molecular weight is 318 g/mol. The fourth-order valence-corrected chi connectivity index (χ4v) is 2.63. The molecule has 0 atom stereocenters. The molecule has 0 heterocycles. The Balaban J connectivity index is 3.19. The third-order valence-electron chi connectivity index (χ3n) is 2.83. The largest absolute Gasteiger partial charge is 0.478 e. The average Bonchev–Trinajstić information content (AvgIpc) is 2.17. The van der Waals surface area contributed by atoms with E-state index >= 15 is 0 Å². The smallest absolute Gasteiger partial charge is 0.335 e. The van der Waals surface area contributed by atoms with E-state index in [2.05, 4.69) is 43.4 Å². The van der Waals surface area contributed by atoms with Gasteiger partial charge in [-0.15, -0.1) is 0 Å². The summed E-state index contributed by atoms with van der Waals surface area (Å²) >= 11 is 2.20. The van der Waals surface area contributed by atoms with E-state index in [9.17, 15) is 4.79 Å². The number of halogens is 1. The minimum absolute atomic E-state index is 0.105. The molecule has 0 radical (unpaired) electrons. The first kappa shape index (κ1) is 12.5. The third kappa shape index (κ3) is 2.71. The van der Waals surface area contributed by atoms with E-state index in [0.29, 0.717) is 5.56 Å². The van der Waals surface area contributed by atoms with Crippen molar-refractivity contribution >= 4 is 28.6 Å². The van der Waals surface area contributed by atoms with Gasteiger partial charge in [-0.3, -0.25) is 0 Å². The van der Waals surface area contributed by atoms with Gasteiger partial charge in [-0.2, -0.15) is 0 Å². The molecule has 0 bridgehead atoms. The minimum Gasteiger partial charge on any atom is -0.478 e. The Labute approximate surface area is 104 Å². The van der Waals surface area contributed by atoms with Crippen LogP contribution < -0.4 is 0 Å². The predicted octanol–water partition coefficient (Wildman–Crippen LogP) is 3.68. The van der Waals surface area contributed by atoms with Crippen molar-refractivity contribution in [3.63, 3.8) is 0 Å². The van der Waals surface area contributed by atoms with Crippen molar-refractivity contribution in [2.75, 3.05) is 0 Å². The quantitative estimate of drug-likeness (QED) is 0.863. The molecule has 0 aliphatic rings. The van der Waals surface area contributed by atoms with Gasteiger partial charge in [0, 0.05) is 3.57 Å². The van der Waals surface area contributed by atoms with Crippen LogP contribution in [0.25, 0.3) is 0 Å². The Morgan fingerprint density at radius 3 is 2.47 bits per heavy atom. The van der Waals surface area contributed by atoms with Crippen molar-refractivity contribution in [1.29, 1.82) is 0 Å². The van der Waals surface area contributed by atoms with E-state index in [-0.39, 0.29) is 5.41 Å². The van der Waals surface area contributed by atoms with E-state index < -0.39 is 5.97 Å². The van der Waals surface area contributed by atoms with Gasteiger partial charge in [0.05, 0.1) is 5.56 Å². The molecule has 1 aromatic rings. The van der Waals surface area contributed by atoms with Gasteiger partial charge in [0.1, 0.15) is 0 Å². The second-order valence-electron chi connectivity index (χ2n) is 4.24. The van der Waals surface area contributed by atoms with Gasteiger partial charge in [0.15, 0.2) is 0 Å². The molecule has 3 heteroatoms. The summed E-state index contributed by atoms with van der Waals surface area (Å²) in [6.07, 6.45) is 1.04. The zero-order valence-electron chi connectivity index (χ0n) is 9.17. The molecule has 0 aromatic heterocycles. The van der Waals surface area contributed by atoms with Crippen LogP contribution >= 0.6 is 22.6 Å². The maximum Gasteiger partial charge on any atom is 0.335 e. The zero-order valence-corrected chi connectivity index (χ0v) is 11.3. The second-order valence-corrected chi connectivity index (χ2v) is 5.40. The highest BCUT2D eigenvalue weighted by Gasteiger charge is 2.21. The van der Waals surface area contributed by atoms with Crippen LogP contribution in [0.1, 0.15) is 43.1 Å². The molecule has 1 rings (SSSR count). The lowest BCUT2D eigenvalue weighted by Gasteiger charge is -2.24. The Hall–Kier alpha value is -0.580. The number of benzene rings is 1. The monoisotopic (exact) mass is 318 g/mol. The van der Waals surface area contributed by atoms with Gasteiger partial charge < -0.3 is 5.11 Å². The second kappa shape index (κ2) is 4.51. The molecule has 2 nitrogen and oxygen atoms in total. The van der Waals surface area contributed by atoms with E-state index in [4.69, 9.17) is 5.11 Å². The Bertz CT molecular complexity index is 383. The molecule has 0 saturated heterocycles. The SMILES string of the molecule is CCC(C)(C)c1ccc(C(=O)O)cc1I. The molecule has 0 aliphatic heterocycles. The fraction of sp³-hybridized carbons (Fsp3) is 0.417. The van der Waals surface area contributed by atoms with Gasteiger partial charge in [0.25, 0.3) is 0 Å². The molecular weight excluding hydrogens is 303 g/mol. The number of aromatic carboxylic acids is 1. The third-order valence-corrected chi connectivity index (χ3v) is 3.72. The topological polar surface area (TPSA) is 37.3 Å². The summed E-state index contributed by atoms with van der Waals surface area (Å²) in [7, 11) is 0. The molecule has 0 spiro atoms. The summed E-state index contributed by atoms with van der Waals surface area (Å²) in [5, 5.41) is 8.86. The Morgan fingerprint density at radius 1 is 1.47 bits per heavy atom. The summed E-state index contributed by atoms with van der Waals surface area (Å²) in [5.74, 6) is -0.867. The van der Waals surface area contributed by atoms with Gasteiger partial charge >= 0.3 is 5.97 Å². The lowest BCUT2D eigenvalue weighted by atomic mass is 9.82. The normalized spacial score (nSPS) is 11.5. The van der Waals surface area contributed by atoms with Crippen LogP contribution in [-0.4, -0.2) is 11.1 Å². The first-order valence-electron chi connectivity index (χ1n) is 4.92. The van der Waals surface area contributed by atoms with E-state index in [1.165, 1.54) is 5.56 Å². The molecule has 0 saturated carbocycles. The number of carbonyl (C=O) groups is 1. The Kier molecular flexibility index (Phi) is 3.76. The fourth-order valence-electron chi connectivity index (χ4n) is 1.39. The maximum atomic E-state index is 10.8. The lowest BCUT2D eigenvalue weighted by molar-refractivity contribution is 0.0696. The van der Waals surface area contributed by atoms with Crippen LogP contribution in [0.5, 0.6) is 0 Å². The number of carboxylic acids is 1. The number of carboxylic acid groups (broad SMARTS) is 1. The molecular formula is C12H15IO2. The van der Waals surface area contributed by atoms with Gasteiger partial charge in [-0.05, 0) is 52.1 Å². The summed E-state index contributed by atoms with van der Waals surface area (Å²) in [5.41, 5.74) is 1.68. The van der Waals surface area contributed by atoms with E-state index in [1.807, 2.05) is 6.07 Å². The highest BCUT2D eigenvalue weighted by molar-refractivity contribution is 14.1. The molecule has 0 unspecified atom stereocenters. The van der Waals surface area contributed by atoms with Crippen LogP contribution in [0.4, 0.5) is 0 Å². The zero-order chi connectivity index (χ0) is 11.6. The van der Waals surface area contributed by atoms with Crippen molar-refractivity contribution < 1.29 is 9.90 Å². The van der Waals surface area contributed by atoms with E-state index in [0.717, 1.165) is 9.99 Å². The first-order valence-corrected chi connectivity index (χ1v) is 5.99. The molecule has 0 aliphatic carbocycles. The van der Waals surface area contributed by atoms with Crippen molar-refractivity contribution in [2.24, 2.45) is 0 Å². The standard InChI is InChI=1S/C12H15IO2/c1-4-12(2,3)9-6-5-8(11(14)15)7-10(9)13/h5-7H,4H2,1-3H3,(H,14,15). The minimum atomic E-state index is -0.867. The van der Waals surface area contributed by atoms with Gasteiger partial charge in [-0.25, -0.2) is 4.79 Å². The van der Waals surface area contributed by atoms with Crippen LogP contribution in [0.15, 0.2) is 18.2 Å². The van der Waals surface area contributed by atoms with Gasteiger partial charge in [0.2, 0.25) is 0 Å². The van der Waals surface area contributed by atoms with E-state index in [1.54, 1.807) is 12.1 Å². The number of hydrogen-bond donors (Lipinski definition) is 1. The van der Waals surface area contributed by atoms with Crippen LogP contribution in [0.3, 0.4) is 0 Å². The lowest BCUT2D eigenvalue weighted by Crippen LogP contribution is -2.17. The molecule has 0 amide bonds. The Morgan fingerprint density at radius 2 is 2.07 bits per heavy atom. The van der Waals surface area contributed by atoms with Crippen molar-refractivity contribution in [2.45, 2.75) is 32.6 Å². The highest BCUT2D eigenvalue weighted by Crippen LogP contribution is 2.30. The molecule has 1 N–H and O–H groups in total. The predicted molar refractivity (Wildman–Crippen MR) is 69.4 cm³/mol. The first-order chi connectivity index (χ1) is 6.88. The number of rotatable bonds is 3. The molecule has 15 heavy (non-hydrogen) atoms. The van der Waals surface area contributed by atoms with Gasteiger partial charge in [-0.1, -0.05) is 26.8 Å². The summed E-state index contributed by atoms with van der Waals surface area (Å²) in [6.45, 7) is 6.48. The molecule has 0 fully saturated rings. The van der Waals surface area contributed by atoms with Crippen molar-refractivity contribution in [1.82, 2.24) is 0 Å². The molecule has 1 aromatic carbocycles. The highest BCUT2D eigenvalue weighted by atomic mass is 127. The summed E-state index contributed by atoms with van der Waals surface area (Å²) in [4.78, 5) is 10.8.